The van der Waals surface area contributed by atoms with E-state index in [0.717, 1.165) is 0 Å². The number of methoxy groups -OCH3 is 2. The molecule has 0 fully saturated rings. The molecule has 0 spiro atoms. The van der Waals surface area contributed by atoms with E-state index >= 15 is 0 Å². The van der Waals surface area contributed by atoms with Crippen LogP contribution in [0.4, 0.5) is 0 Å². The van der Waals surface area contributed by atoms with Crippen molar-refractivity contribution in [3.05, 3.63) is 23.3 Å². The Morgan fingerprint density at radius 2 is 1.41 bits per heavy atom. The molecule has 0 aromatic heterocycles. The summed E-state index contributed by atoms with van der Waals surface area (Å²) in [7, 11) is 2.85. The van der Waals surface area contributed by atoms with Gasteiger partial charge in [0.15, 0.2) is 17.3 Å². The Bertz CT molecular complexity index is 530. The zero-order chi connectivity index (χ0) is 12.6. The fourth-order valence-corrected chi connectivity index (χ4v) is 1.77. The van der Waals surface area contributed by atoms with E-state index in [0.29, 0.717) is 11.5 Å². The van der Waals surface area contributed by atoms with Crippen LogP contribution in [0.1, 0.15) is 27.1 Å². The minimum Gasteiger partial charge on any atom is -0.493 e. The van der Waals surface area contributed by atoms with Gasteiger partial charge in [0.05, 0.1) is 20.6 Å². The van der Waals surface area contributed by atoms with Gasteiger partial charge in [-0.15, -0.1) is 0 Å². The molecule has 1 aliphatic rings. The first kappa shape index (κ1) is 11.3. The summed E-state index contributed by atoms with van der Waals surface area (Å²) < 4.78 is 10.1. The van der Waals surface area contributed by atoms with Crippen LogP contribution < -0.4 is 9.47 Å². The molecule has 88 valence electrons. The van der Waals surface area contributed by atoms with E-state index in [1.54, 1.807) is 0 Å². The number of benzene rings is 1. The fourth-order valence-electron chi connectivity index (χ4n) is 1.77. The van der Waals surface area contributed by atoms with Crippen molar-refractivity contribution in [2.75, 3.05) is 14.2 Å². The predicted molar refractivity (Wildman–Crippen MR) is 57.8 cm³/mol. The molecule has 0 amide bonds. The average Bonchev–Trinajstić information content (AvgIpc) is 2.34. The second-order valence-corrected chi connectivity index (χ2v) is 3.61. The molecule has 0 bridgehead atoms. The van der Waals surface area contributed by atoms with Crippen molar-refractivity contribution in [2.24, 2.45) is 0 Å². The van der Waals surface area contributed by atoms with Crippen LogP contribution in [0.5, 0.6) is 11.5 Å². The highest BCUT2D eigenvalue weighted by Gasteiger charge is 2.32. The van der Waals surface area contributed by atoms with Gasteiger partial charge in [0.1, 0.15) is 0 Å². The van der Waals surface area contributed by atoms with E-state index in [1.807, 2.05) is 0 Å². The summed E-state index contributed by atoms with van der Waals surface area (Å²) in [6.07, 6.45) is -0.374. The summed E-state index contributed by atoms with van der Waals surface area (Å²) in [5.41, 5.74) is 0.302. The van der Waals surface area contributed by atoms with Crippen molar-refractivity contribution in [3.8, 4) is 11.5 Å². The van der Waals surface area contributed by atoms with Gasteiger partial charge in [0.2, 0.25) is 11.6 Å². The molecular formula is C12H10O5. The summed E-state index contributed by atoms with van der Waals surface area (Å²) in [4.78, 5) is 34.6. The molecule has 5 nitrogen and oxygen atoms in total. The highest BCUT2D eigenvalue weighted by Crippen LogP contribution is 2.33. The van der Waals surface area contributed by atoms with Crippen molar-refractivity contribution in [3.63, 3.8) is 0 Å². The summed E-state index contributed by atoms with van der Waals surface area (Å²) in [6, 6.07) is 2.80. The normalized spacial score (nSPS) is 14.6. The smallest absolute Gasteiger partial charge is 0.229 e. The third kappa shape index (κ3) is 1.69. The maximum Gasteiger partial charge on any atom is 0.229 e. The van der Waals surface area contributed by atoms with Crippen LogP contribution in [-0.4, -0.2) is 31.6 Å². The van der Waals surface area contributed by atoms with Gasteiger partial charge in [-0.1, -0.05) is 0 Å². The Kier molecular flexibility index (Phi) is 2.67. The van der Waals surface area contributed by atoms with Crippen molar-refractivity contribution in [1.29, 1.82) is 0 Å². The number of hydrogen-bond donors (Lipinski definition) is 0. The lowest BCUT2D eigenvalue weighted by atomic mass is 9.88. The number of ether oxygens (including phenoxy) is 2. The predicted octanol–water partition coefficient (Wildman–Crippen LogP) is 1.04. The maximum atomic E-state index is 11.6. The maximum absolute atomic E-state index is 11.6. The highest BCUT2D eigenvalue weighted by molar-refractivity contribution is 6.50. The Hall–Kier alpha value is -2.17. The minimum atomic E-state index is -0.685. The molecule has 0 heterocycles. The molecule has 17 heavy (non-hydrogen) atoms. The highest BCUT2D eigenvalue weighted by atomic mass is 16.5. The van der Waals surface area contributed by atoms with Gasteiger partial charge in [-0.2, -0.15) is 0 Å². The van der Waals surface area contributed by atoms with E-state index < -0.39 is 11.6 Å². The largest absolute Gasteiger partial charge is 0.493 e. The lowest BCUT2D eigenvalue weighted by Gasteiger charge is -2.16. The molecule has 0 atom stereocenters. The topological polar surface area (TPSA) is 69.7 Å². The fraction of sp³-hybridized carbons (Fsp3) is 0.250. The Morgan fingerprint density at radius 3 is 1.94 bits per heavy atom. The van der Waals surface area contributed by atoms with Crippen LogP contribution in [0.2, 0.25) is 0 Å². The minimum absolute atomic E-state index is 0.0869. The first-order valence-electron chi connectivity index (χ1n) is 4.95. The van der Waals surface area contributed by atoms with Crippen LogP contribution in [0, 0.1) is 0 Å². The first-order chi connectivity index (χ1) is 8.08. The molecule has 1 aliphatic carbocycles. The summed E-state index contributed by atoms with van der Waals surface area (Å²) in [5, 5.41) is 0. The number of hydrogen-bond acceptors (Lipinski definition) is 5. The molecule has 0 saturated carbocycles. The molecule has 0 saturated heterocycles. The van der Waals surface area contributed by atoms with Crippen LogP contribution in [0.15, 0.2) is 12.1 Å². The number of rotatable bonds is 2. The molecular weight excluding hydrogens is 224 g/mol. The molecule has 0 aliphatic heterocycles. The third-order valence-corrected chi connectivity index (χ3v) is 2.64. The molecule has 0 N–H and O–H groups in total. The number of carbonyl (C=O) groups excluding carboxylic acids is 3. The first-order valence-corrected chi connectivity index (χ1v) is 4.95. The van der Waals surface area contributed by atoms with E-state index in [2.05, 4.69) is 0 Å². The third-order valence-electron chi connectivity index (χ3n) is 2.64. The van der Waals surface area contributed by atoms with Crippen LogP contribution in [0.3, 0.4) is 0 Å². The van der Waals surface area contributed by atoms with Gasteiger partial charge < -0.3 is 9.47 Å². The van der Waals surface area contributed by atoms with E-state index in [9.17, 15) is 14.4 Å². The summed E-state index contributed by atoms with van der Waals surface area (Å²) in [5.74, 6) is -1.02. The standard InChI is InChI=1S/C12H10O5/c1-16-10-3-6-7(4-11(10)17-2)12(15)9(14)5-8(6)13/h3-4H,5H2,1-2H3. The average molecular weight is 234 g/mol. The van der Waals surface area contributed by atoms with Gasteiger partial charge in [0.25, 0.3) is 0 Å². The van der Waals surface area contributed by atoms with Crippen molar-refractivity contribution in [2.45, 2.75) is 6.42 Å². The van der Waals surface area contributed by atoms with Crippen molar-refractivity contribution >= 4 is 17.3 Å². The van der Waals surface area contributed by atoms with Gasteiger partial charge in [-0.25, -0.2) is 0 Å². The van der Waals surface area contributed by atoms with Crippen LogP contribution in [0.25, 0.3) is 0 Å². The zero-order valence-corrected chi connectivity index (χ0v) is 9.40. The zero-order valence-electron chi connectivity index (χ0n) is 9.40. The lowest BCUT2D eigenvalue weighted by Crippen LogP contribution is -2.26. The molecule has 0 radical (unpaired) electrons. The van der Waals surface area contributed by atoms with E-state index in [4.69, 9.17) is 9.47 Å². The molecule has 1 aromatic rings. The Labute approximate surface area is 97.3 Å². The molecule has 5 heteroatoms. The van der Waals surface area contributed by atoms with Crippen molar-refractivity contribution in [1.82, 2.24) is 0 Å². The number of Topliss-reactive ketones (excluding diaryl/α,β-unsaturated/α-hetero) is 3. The number of carbonyl (C=O) groups is 3. The van der Waals surface area contributed by atoms with E-state index in [1.165, 1.54) is 26.4 Å². The van der Waals surface area contributed by atoms with E-state index in [-0.39, 0.29) is 23.3 Å². The molecule has 0 unspecified atom stereocenters. The van der Waals surface area contributed by atoms with Gasteiger partial charge >= 0.3 is 0 Å². The van der Waals surface area contributed by atoms with Gasteiger partial charge in [0, 0.05) is 11.1 Å². The molecule has 1 aromatic carbocycles. The second-order valence-electron chi connectivity index (χ2n) is 3.61. The summed E-state index contributed by atoms with van der Waals surface area (Å²) in [6.45, 7) is 0. The van der Waals surface area contributed by atoms with Crippen molar-refractivity contribution < 1.29 is 23.9 Å². The summed E-state index contributed by atoms with van der Waals surface area (Å²) >= 11 is 0. The SMILES string of the molecule is COc1cc2c(cc1OC)C(=O)C(=O)CC2=O. The Balaban J connectivity index is 2.67. The quantitative estimate of drug-likeness (QED) is 0.565. The second kappa shape index (κ2) is 4.01. The van der Waals surface area contributed by atoms with Crippen LogP contribution in [-0.2, 0) is 4.79 Å². The number of ketones is 3. The van der Waals surface area contributed by atoms with Gasteiger partial charge in [-0.05, 0) is 12.1 Å². The number of fused-ring (bicyclic) bond motifs is 1. The Morgan fingerprint density at radius 1 is 0.882 bits per heavy atom. The monoisotopic (exact) mass is 234 g/mol. The van der Waals surface area contributed by atoms with Gasteiger partial charge in [-0.3, -0.25) is 14.4 Å². The van der Waals surface area contributed by atoms with Crippen LogP contribution >= 0.6 is 0 Å². The molecule has 2 rings (SSSR count). The lowest BCUT2D eigenvalue weighted by molar-refractivity contribution is -0.114.